The molecule has 1 aliphatic carbocycles. The number of carboxylic acids is 1. The summed E-state index contributed by atoms with van der Waals surface area (Å²) < 4.78 is 0. The van der Waals surface area contributed by atoms with Crippen LogP contribution in [0.3, 0.4) is 0 Å². The summed E-state index contributed by atoms with van der Waals surface area (Å²) in [6.45, 7) is 0. The van der Waals surface area contributed by atoms with E-state index in [2.05, 4.69) is 5.32 Å². The smallest absolute Gasteiger partial charge is 0.307 e. The van der Waals surface area contributed by atoms with E-state index in [0.717, 1.165) is 33.8 Å². The van der Waals surface area contributed by atoms with Gasteiger partial charge in [0, 0.05) is 15.8 Å². The minimum absolute atomic E-state index is 0.0495. The zero-order valence-corrected chi connectivity index (χ0v) is 18.1. The third-order valence-electron chi connectivity index (χ3n) is 5.02. The van der Waals surface area contributed by atoms with Crippen molar-refractivity contribution in [1.29, 1.82) is 0 Å². The lowest BCUT2D eigenvalue weighted by Gasteiger charge is -2.16. The summed E-state index contributed by atoms with van der Waals surface area (Å²) in [5.41, 5.74) is 1.84. The number of nitrogens with one attached hydrogen (secondary N) is 1. The predicted octanol–water partition coefficient (Wildman–Crippen LogP) is 5.49. The molecule has 154 valence electrons. The van der Waals surface area contributed by atoms with Gasteiger partial charge >= 0.3 is 5.97 Å². The van der Waals surface area contributed by atoms with Crippen molar-refractivity contribution in [1.82, 2.24) is 5.32 Å². The maximum atomic E-state index is 12.3. The summed E-state index contributed by atoms with van der Waals surface area (Å²) in [5.74, 6) is -0.698. The summed E-state index contributed by atoms with van der Waals surface area (Å²) in [4.78, 5) is 25.3. The normalized spacial score (nSPS) is 14.9. The molecule has 29 heavy (non-hydrogen) atoms. The molecule has 4 nitrogen and oxygen atoms in total. The molecule has 0 heterocycles. The van der Waals surface area contributed by atoms with Gasteiger partial charge in [0.2, 0.25) is 5.91 Å². The molecule has 2 aromatic rings. The number of amides is 1. The highest BCUT2D eigenvalue weighted by molar-refractivity contribution is 8.76. The fourth-order valence-electron chi connectivity index (χ4n) is 3.48. The maximum Gasteiger partial charge on any atom is 0.307 e. The minimum Gasteiger partial charge on any atom is -0.481 e. The standard InChI is InChI=1S/C23H27NO3S2/c25-22(24-19-5-3-1-2-4-6-19)15-17-7-11-20(12-8-17)28-29-21-13-9-18(10-14-21)16-23(26)27/h7-14,19H,1-6,15-16H2,(H,24,25)(H,26,27). The SMILES string of the molecule is O=C(O)Cc1ccc(SSc2ccc(CC(=O)NC3CCCCCC3)cc2)cc1. The van der Waals surface area contributed by atoms with Crippen molar-refractivity contribution >= 4 is 33.5 Å². The van der Waals surface area contributed by atoms with Crippen LogP contribution in [0.1, 0.15) is 49.7 Å². The first kappa shape index (κ1) is 21.8. The summed E-state index contributed by atoms with van der Waals surface area (Å²) >= 11 is 0. The maximum absolute atomic E-state index is 12.3. The molecule has 0 aromatic heterocycles. The molecule has 0 saturated heterocycles. The van der Waals surface area contributed by atoms with Crippen LogP contribution in [0.25, 0.3) is 0 Å². The van der Waals surface area contributed by atoms with Gasteiger partial charge in [-0.2, -0.15) is 0 Å². The van der Waals surface area contributed by atoms with Crippen molar-refractivity contribution < 1.29 is 14.7 Å². The Hall–Kier alpha value is -1.92. The Bertz CT molecular complexity index is 798. The van der Waals surface area contributed by atoms with E-state index in [9.17, 15) is 9.59 Å². The lowest BCUT2D eigenvalue weighted by atomic mass is 10.1. The monoisotopic (exact) mass is 429 g/mol. The van der Waals surface area contributed by atoms with Crippen LogP contribution in [-0.2, 0) is 22.4 Å². The molecule has 0 aliphatic heterocycles. The van der Waals surface area contributed by atoms with Gasteiger partial charge < -0.3 is 10.4 Å². The van der Waals surface area contributed by atoms with Crippen LogP contribution in [0, 0.1) is 0 Å². The summed E-state index contributed by atoms with van der Waals surface area (Å²) in [6, 6.07) is 16.1. The molecule has 2 N–H and O–H groups in total. The Kier molecular flexibility index (Phi) is 8.50. The Morgan fingerprint density at radius 2 is 1.28 bits per heavy atom. The van der Waals surface area contributed by atoms with E-state index >= 15 is 0 Å². The van der Waals surface area contributed by atoms with E-state index in [1.54, 1.807) is 21.6 Å². The first-order chi connectivity index (χ1) is 14.1. The topological polar surface area (TPSA) is 66.4 Å². The average molecular weight is 430 g/mol. The molecular weight excluding hydrogens is 402 g/mol. The Balaban J connectivity index is 1.44. The molecule has 0 radical (unpaired) electrons. The summed E-state index contributed by atoms with van der Waals surface area (Å²) in [7, 11) is 3.29. The van der Waals surface area contributed by atoms with Crippen molar-refractivity contribution in [2.45, 2.75) is 67.2 Å². The van der Waals surface area contributed by atoms with Crippen LogP contribution in [0.15, 0.2) is 58.3 Å². The number of carboxylic acid groups (broad SMARTS) is 1. The number of carbonyl (C=O) groups is 2. The molecule has 0 atom stereocenters. The van der Waals surface area contributed by atoms with Gasteiger partial charge in [-0.05, 0) is 48.2 Å². The lowest BCUT2D eigenvalue weighted by molar-refractivity contribution is -0.136. The van der Waals surface area contributed by atoms with Gasteiger partial charge in [0.05, 0.1) is 12.8 Å². The second-order valence-electron chi connectivity index (χ2n) is 7.46. The fraction of sp³-hybridized carbons (Fsp3) is 0.391. The van der Waals surface area contributed by atoms with Gasteiger partial charge in [0.1, 0.15) is 0 Å². The third-order valence-corrected chi connectivity index (χ3v) is 7.44. The predicted molar refractivity (Wildman–Crippen MR) is 119 cm³/mol. The number of hydrogen-bond acceptors (Lipinski definition) is 4. The van der Waals surface area contributed by atoms with Crippen molar-refractivity contribution in [3.05, 3.63) is 59.7 Å². The second-order valence-corrected chi connectivity index (χ2v) is 9.73. The Morgan fingerprint density at radius 3 is 1.76 bits per heavy atom. The highest BCUT2D eigenvalue weighted by atomic mass is 33.1. The largest absolute Gasteiger partial charge is 0.481 e. The summed E-state index contributed by atoms with van der Waals surface area (Å²) in [5, 5.41) is 12.0. The van der Waals surface area contributed by atoms with Crippen LogP contribution >= 0.6 is 21.6 Å². The number of hydrogen-bond donors (Lipinski definition) is 2. The molecule has 1 amide bonds. The van der Waals surface area contributed by atoms with E-state index in [1.165, 1.54) is 25.7 Å². The van der Waals surface area contributed by atoms with Gasteiger partial charge in [-0.1, -0.05) is 71.5 Å². The van der Waals surface area contributed by atoms with Gasteiger partial charge in [0.15, 0.2) is 0 Å². The Morgan fingerprint density at radius 1 is 0.793 bits per heavy atom. The van der Waals surface area contributed by atoms with E-state index in [4.69, 9.17) is 5.11 Å². The zero-order valence-electron chi connectivity index (χ0n) is 16.4. The molecule has 1 saturated carbocycles. The van der Waals surface area contributed by atoms with Gasteiger partial charge in [-0.25, -0.2) is 0 Å². The molecule has 6 heteroatoms. The van der Waals surface area contributed by atoms with Crippen LogP contribution in [-0.4, -0.2) is 23.0 Å². The van der Waals surface area contributed by atoms with Gasteiger partial charge in [0.25, 0.3) is 0 Å². The molecule has 3 rings (SSSR count). The van der Waals surface area contributed by atoms with E-state index in [-0.39, 0.29) is 12.3 Å². The van der Waals surface area contributed by atoms with Crippen LogP contribution < -0.4 is 5.32 Å². The van der Waals surface area contributed by atoms with E-state index < -0.39 is 5.97 Å². The van der Waals surface area contributed by atoms with E-state index in [0.29, 0.717) is 12.5 Å². The quantitative estimate of drug-likeness (QED) is 0.429. The van der Waals surface area contributed by atoms with Crippen molar-refractivity contribution in [2.75, 3.05) is 0 Å². The number of benzene rings is 2. The molecular formula is C23H27NO3S2. The lowest BCUT2D eigenvalue weighted by Crippen LogP contribution is -2.35. The highest BCUT2D eigenvalue weighted by Gasteiger charge is 2.14. The van der Waals surface area contributed by atoms with Gasteiger partial charge in [-0.3, -0.25) is 9.59 Å². The number of carbonyl (C=O) groups excluding carboxylic acids is 1. The molecule has 2 aromatic carbocycles. The fourth-order valence-corrected chi connectivity index (χ4v) is 5.42. The second kappa shape index (κ2) is 11.3. The van der Waals surface area contributed by atoms with Crippen LogP contribution in [0.4, 0.5) is 0 Å². The van der Waals surface area contributed by atoms with E-state index in [1.807, 2.05) is 48.5 Å². The molecule has 1 fully saturated rings. The van der Waals surface area contributed by atoms with Crippen LogP contribution in [0.2, 0.25) is 0 Å². The molecule has 1 aliphatic rings. The highest BCUT2D eigenvalue weighted by Crippen LogP contribution is 2.37. The molecule has 0 spiro atoms. The zero-order chi connectivity index (χ0) is 20.5. The van der Waals surface area contributed by atoms with Crippen LogP contribution in [0.5, 0.6) is 0 Å². The van der Waals surface area contributed by atoms with Crippen molar-refractivity contribution in [3.8, 4) is 0 Å². The van der Waals surface area contributed by atoms with Gasteiger partial charge in [-0.15, -0.1) is 0 Å². The first-order valence-corrected chi connectivity index (χ1v) is 12.3. The number of rotatable bonds is 8. The minimum atomic E-state index is -0.817. The number of aliphatic carboxylic acids is 1. The molecule has 0 bridgehead atoms. The average Bonchev–Trinajstić information content (AvgIpc) is 2.97. The molecule has 0 unspecified atom stereocenters. The Labute approximate surface area is 180 Å². The summed E-state index contributed by atoms with van der Waals surface area (Å²) in [6.07, 6.45) is 7.71. The van der Waals surface area contributed by atoms with Crippen molar-refractivity contribution in [2.24, 2.45) is 0 Å². The first-order valence-electron chi connectivity index (χ1n) is 10.1. The third kappa shape index (κ3) is 7.78. The van der Waals surface area contributed by atoms with Crippen molar-refractivity contribution in [3.63, 3.8) is 0 Å².